The minimum Gasteiger partial charge on any atom is -0.418 e. The third kappa shape index (κ3) is 36.2. The zero-order valence-electron chi connectivity index (χ0n) is 10.6. The van der Waals surface area contributed by atoms with Gasteiger partial charge >= 0.3 is 7.25 Å². The standard InChI is InChI=1S/C8H10.2C2H4.BF4.Rh/c1-7-4-3-5-8(2)6-7;2*1-2;2-1(3,4)5;/h3-6H,1-2H3;2*1-2H2;;/q;;;-1;. The maximum absolute atomic E-state index is 9.75. The quantitative estimate of drug-likeness (QED) is 0.342. The van der Waals surface area contributed by atoms with E-state index < -0.39 is 7.25 Å². The minimum absolute atomic E-state index is 0. The van der Waals surface area contributed by atoms with E-state index in [0.717, 1.165) is 0 Å². The van der Waals surface area contributed by atoms with Gasteiger partial charge in [0.05, 0.1) is 0 Å². The summed E-state index contributed by atoms with van der Waals surface area (Å²) in [5.41, 5.74) is 2.68. The Morgan fingerprint density at radius 1 is 0.833 bits per heavy atom. The van der Waals surface area contributed by atoms with Crippen LogP contribution in [0.25, 0.3) is 0 Å². The molecule has 0 amide bonds. The second-order valence-corrected chi connectivity index (χ2v) is 2.65. The van der Waals surface area contributed by atoms with Crippen LogP contribution in [0.2, 0.25) is 0 Å². The van der Waals surface area contributed by atoms with Gasteiger partial charge in [0.15, 0.2) is 0 Å². The van der Waals surface area contributed by atoms with Crippen molar-refractivity contribution in [3.05, 3.63) is 61.7 Å². The van der Waals surface area contributed by atoms with Crippen molar-refractivity contribution in [3.8, 4) is 0 Å². The summed E-state index contributed by atoms with van der Waals surface area (Å²) < 4.78 is 39.0. The Morgan fingerprint density at radius 2 is 1.06 bits per heavy atom. The van der Waals surface area contributed by atoms with E-state index in [1.807, 2.05) is 0 Å². The summed E-state index contributed by atoms with van der Waals surface area (Å²) in [5.74, 6) is 0. The summed E-state index contributed by atoms with van der Waals surface area (Å²) in [6, 6.07) is 8.45. The summed E-state index contributed by atoms with van der Waals surface area (Å²) in [6.07, 6.45) is 0. The molecule has 1 rings (SSSR count). The molecule has 0 saturated carbocycles. The van der Waals surface area contributed by atoms with Crippen molar-refractivity contribution in [2.75, 3.05) is 0 Å². The van der Waals surface area contributed by atoms with Crippen LogP contribution in [0.3, 0.4) is 0 Å². The van der Waals surface area contributed by atoms with Crippen molar-refractivity contribution in [3.63, 3.8) is 0 Å². The SMILES string of the molecule is C=C.C=C.Cc1cccc(C)c1.F[B-](F)(F)F.[Rh]. The smallest absolute Gasteiger partial charge is 0.418 e. The van der Waals surface area contributed by atoms with Crippen molar-refractivity contribution in [2.45, 2.75) is 13.8 Å². The minimum atomic E-state index is -6.00. The third-order valence-corrected chi connectivity index (χ3v) is 1.17. The predicted molar refractivity (Wildman–Crippen MR) is 68.6 cm³/mol. The van der Waals surface area contributed by atoms with E-state index in [9.17, 15) is 17.3 Å². The Balaban J connectivity index is -0.0000000863. The number of rotatable bonds is 0. The fourth-order valence-electron chi connectivity index (χ4n) is 0.807. The van der Waals surface area contributed by atoms with Gasteiger partial charge in [-0.1, -0.05) is 35.4 Å². The zero-order chi connectivity index (χ0) is 14.5. The van der Waals surface area contributed by atoms with Crippen LogP contribution in [-0.4, -0.2) is 7.25 Å². The number of hydrogen-bond acceptors (Lipinski definition) is 0. The Bertz CT molecular complexity index is 264. The van der Waals surface area contributed by atoms with Gasteiger partial charge in [-0.3, -0.25) is 0 Å². The fourth-order valence-corrected chi connectivity index (χ4v) is 0.807. The largest absolute Gasteiger partial charge is 0.673 e. The van der Waals surface area contributed by atoms with Crippen LogP contribution in [-0.2, 0) is 19.5 Å². The normalized spacial score (nSPS) is 7.89. The zero-order valence-corrected chi connectivity index (χ0v) is 12.2. The molecule has 0 fully saturated rings. The molecular formula is C12H18BF4Rh-. The Labute approximate surface area is 120 Å². The van der Waals surface area contributed by atoms with E-state index in [-0.39, 0.29) is 19.5 Å². The molecule has 0 N–H and O–H groups in total. The van der Waals surface area contributed by atoms with Gasteiger partial charge in [-0.2, -0.15) is 0 Å². The molecule has 6 heteroatoms. The summed E-state index contributed by atoms with van der Waals surface area (Å²) in [4.78, 5) is 0. The monoisotopic (exact) mass is 352 g/mol. The topological polar surface area (TPSA) is 0 Å². The van der Waals surface area contributed by atoms with Crippen molar-refractivity contribution >= 4 is 7.25 Å². The maximum Gasteiger partial charge on any atom is 0.673 e. The molecule has 0 unspecified atom stereocenters. The third-order valence-electron chi connectivity index (χ3n) is 1.17. The fraction of sp³-hybridized carbons (Fsp3) is 0.167. The first-order valence-corrected chi connectivity index (χ1v) is 4.69. The first kappa shape index (κ1) is 25.8. The van der Waals surface area contributed by atoms with E-state index in [0.29, 0.717) is 0 Å². The van der Waals surface area contributed by atoms with Gasteiger partial charge in [-0.05, 0) is 13.8 Å². The van der Waals surface area contributed by atoms with Crippen molar-refractivity contribution in [1.82, 2.24) is 0 Å². The number of benzene rings is 1. The molecule has 0 saturated heterocycles. The number of halogens is 4. The molecule has 0 heterocycles. The van der Waals surface area contributed by atoms with Gasteiger partial charge in [0.25, 0.3) is 0 Å². The Hall–Kier alpha value is -0.892. The van der Waals surface area contributed by atoms with Crippen LogP contribution >= 0.6 is 0 Å². The van der Waals surface area contributed by atoms with Gasteiger partial charge in [0.1, 0.15) is 0 Å². The predicted octanol–water partition coefficient (Wildman–Crippen LogP) is 5.21. The Kier molecular flexibility index (Phi) is 23.1. The molecule has 107 valence electrons. The molecule has 0 aliphatic rings. The second kappa shape index (κ2) is 16.1. The molecule has 18 heavy (non-hydrogen) atoms. The molecule has 0 aliphatic carbocycles. The number of aryl methyl sites for hydroxylation is 2. The van der Waals surface area contributed by atoms with Crippen LogP contribution in [0.15, 0.2) is 50.6 Å². The van der Waals surface area contributed by atoms with E-state index in [4.69, 9.17) is 0 Å². The second-order valence-electron chi connectivity index (χ2n) is 2.65. The molecule has 0 aliphatic heterocycles. The van der Waals surface area contributed by atoms with Crippen LogP contribution in [0.4, 0.5) is 17.3 Å². The van der Waals surface area contributed by atoms with Gasteiger partial charge in [-0.25, -0.2) is 0 Å². The molecule has 1 radical (unpaired) electrons. The van der Waals surface area contributed by atoms with Crippen molar-refractivity contribution in [1.29, 1.82) is 0 Å². The first-order chi connectivity index (χ1) is 7.79. The first-order valence-electron chi connectivity index (χ1n) is 4.69. The van der Waals surface area contributed by atoms with E-state index in [1.165, 1.54) is 11.1 Å². The molecule has 1 aromatic rings. The maximum atomic E-state index is 9.75. The molecule has 0 aromatic heterocycles. The summed E-state index contributed by atoms with van der Waals surface area (Å²) in [6.45, 7) is 16.2. The molecule has 0 spiro atoms. The summed E-state index contributed by atoms with van der Waals surface area (Å²) >= 11 is 0. The molecule has 0 atom stereocenters. The summed E-state index contributed by atoms with van der Waals surface area (Å²) in [7, 11) is -6.00. The van der Waals surface area contributed by atoms with Crippen LogP contribution in [0, 0.1) is 13.8 Å². The van der Waals surface area contributed by atoms with Gasteiger partial charge in [0, 0.05) is 19.5 Å². The molecule has 0 bridgehead atoms. The molecular weight excluding hydrogens is 334 g/mol. The van der Waals surface area contributed by atoms with E-state index in [2.05, 4.69) is 64.4 Å². The van der Waals surface area contributed by atoms with Gasteiger partial charge in [0.2, 0.25) is 0 Å². The van der Waals surface area contributed by atoms with Crippen LogP contribution in [0.1, 0.15) is 11.1 Å². The summed E-state index contributed by atoms with van der Waals surface area (Å²) in [5, 5.41) is 0. The van der Waals surface area contributed by atoms with E-state index in [1.54, 1.807) is 0 Å². The van der Waals surface area contributed by atoms with Gasteiger partial charge < -0.3 is 17.3 Å². The number of hydrogen-bond donors (Lipinski definition) is 0. The molecule has 1 aromatic carbocycles. The average Bonchev–Trinajstić information content (AvgIpc) is 2.21. The van der Waals surface area contributed by atoms with Crippen LogP contribution < -0.4 is 0 Å². The van der Waals surface area contributed by atoms with Gasteiger partial charge in [-0.15, -0.1) is 26.3 Å². The Morgan fingerprint density at radius 3 is 1.17 bits per heavy atom. The van der Waals surface area contributed by atoms with Crippen molar-refractivity contribution < 1.29 is 36.7 Å². The average molecular weight is 352 g/mol. The molecule has 0 nitrogen and oxygen atoms in total. The van der Waals surface area contributed by atoms with E-state index >= 15 is 0 Å². The van der Waals surface area contributed by atoms with Crippen LogP contribution in [0.5, 0.6) is 0 Å². The van der Waals surface area contributed by atoms with Crippen molar-refractivity contribution in [2.24, 2.45) is 0 Å².